The molecule has 2 N–H and O–H groups in total. The number of hydrogen-bond donors (Lipinski definition) is 2. The molecule has 1 aromatic rings. The van der Waals surface area contributed by atoms with E-state index in [1.807, 2.05) is 24.3 Å². The Morgan fingerprint density at radius 2 is 1.65 bits per heavy atom. The molecule has 0 bridgehead atoms. The first-order chi connectivity index (χ1) is 7.87. The number of amides is 1. The first-order valence-corrected chi connectivity index (χ1v) is 5.98. The van der Waals surface area contributed by atoms with E-state index in [-0.39, 0.29) is 5.91 Å². The SMILES string of the molecule is CC(=O)Nc1ccc(NCCC(C)(C)C)cc1. The molecule has 0 radical (unpaired) electrons. The quantitative estimate of drug-likeness (QED) is 0.837. The molecule has 0 saturated carbocycles. The van der Waals surface area contributed by atoms with E-state index in [1.54, 1.807) is 0 Å². The Labute approximate surface area is 104 Å². The van der Waals surface area contributed by atoms with Crippen molar-refractivity contribution in [1.82, 2.24) is 0 Å². The first-order valence-electron chi connectivity index (χ1n) is 5.98. The van der Waals surface area contributed by atoms with Crippen molar-refractivity contribution < 1.29 is 4.79 Å². The predicted molar refractivity (Wildman–Crippen MR) is 73.3 cm³/mol. The fourth-order valence-electron chi connectivity index (χ4n) is 1.46. The minimum Gasteiger partial charge on any atom is -0.385 e. The maximum absolute atomic E-state index is 10.9. The van der Waals surface area contributed by atoms with Gasteiger partial charge in [0, 0.05) is 24.8 Å². The summed E-state index contributed by atoms with van der Waals surface area (Å²) in [6.45, 7) is 9.16. The van der Waals surface area contributed by atoms with E-state index >= 15 is 0 Å². The van der Waals surface area contributed by atoms with Gasteiger partial charge in [-0.3, -0.25) is 4.79 Å². The fraction of sp³-hybridized carbons (Fsp3) is 0.500. The van der Waals surface area contributed by atoms with Gasteiger partial charge in [0.15, 0.2) is 0 Å². The van der Waals surface area contributed by atoms with Gasteiger partial charge < -0.3 is 10.6 Å². The molecule has 0 aliphatic rings. The Kier molecular flexibility index (Phi) is 4.55. The van der Waals surface area contributed by atoms with Gasteiger partial charge in [0.2, 0.25) is 5.91 Å². The van der Waals surface area contributed by atoms with Crippen molar-refractivity contribution in [2.75, 3.05) is 17.2 Å². The van der Waals surface area contributed by atoms with Crippen LogP contribution in [0, 0.1) is 5.41 Å². The van der Waals surface area contributed by atoms with Crippen molar-refractivity contribution in [3.8, 4) is 0 Å². The Hall–Kier alpha value is -1.51. The van der Waals surface area contributed by atoms with Crippen molar-refractivity contribution in [2.24, 2.45) is 5.41 Å². The summed E-state index contributed by atoms with van der Waals surface area (Å²) in [5.74, 6) is -0.0431. The van der Waals surface area contributed by atoms with Crippen LogP contribution in [-0.2, 0) is 4.79 Å². The summed E-state index contributed by atoms with van der Waals surface area (Å²) < 4.78 is 0. The van der Waals surface area contributed by atoms with Crippen molar-refractivity contribution in [1.29, 1.82) is 0 Å². The lowest BCUT2D eigenvalue weighted by molar-refractivity contribution is -0.114. The average Bonchev–Trinajstić information content (AvgIpc) is 2.18. The Balaban J connectivity index is 2.43. The molecule has 0 atom stereocenters. The van der Waals surface area contributed by atoms with Crippen molar-refractivity contribution in [3.63, 3.8) is 0 Å². The largest absolute Gasteiger partial charge is 0.385 e. The van der Waals surface area contributed by atoms with E-state index < -0.39 is 0 Å². The van der Waals surface area contributed by atoms with Crippen molar-refractivity contribution >= 4 is 17.3 Å². The number of rotatable bonds is 4. The highest BCUT2D eigenvalue weighted by molar-refractivity contribution is 5.88. The van der Waals surface area contributed by atoms with E-state index in [2.05, 4.69) is 31.4 Å². The predicted octanol–water partition coefficient (Wildman–Crippen LogP) is 3.49. The molecule has 94 valence electrons. The monoisotopic (exact) mass is 234 g/mol. The molecule has 0 heterocycles. The molecule has 0 saturated heterocycles. The van der Waals surface area contributed by atoms with E-state index in [9.17, 15) is 4.79 Å². The number of benzene rings is 1. The van der Waals surface area contributed by atoms with Crippen LogP contribution < -0.4 is 10.6 Å². The Bertz CT molecular complexity index is 363. The van der Waals surface area contributed by atoms with E-state index in [1.165, 1.54) is 6.92 Å². The third kappa shape index (κ3) is 5.95. The molecule has 0 fully saturated rings. The number of hydrogen-bond acceptors (Lipinski definition) is 2. The second-order valence-corrected chi connectivity index (χ2v) is 5.50. The van der Waals surface area contributed by atoms with Crippen molar-refractivity contribution in [3.05, 3.63) is 24.3 Å². The number of nitrogens with one attached hydrogen (secondary N) is 2. The van der Waals surface area contributed by atoms with Crippen LogP contribution in [0.15, 0.2) is 24.3 Å². The van der Waals surface area contributed by atoms with Gasteiger partial charge in [0.25, 0.3) is 0 Å². The lowest BCUT2D eigenvalue weighted by Gasteiger charge is -2.18. The molecular formula is C14H22N2O. The van der Waals surface area contributed by atoms with E-state index in [4.69, 9.17) is 0 Å². The van der Waals surface area contributed by atoms with Crippen molar-refractivity contribution in [2.45, 2.75) is 34.1 Å². The van der Waals surface area contributed by atoms with Gasteiger partial charge in [-0.1, -0.05) is 20.8 Å². The van der Waals surface area contributed by atoms with Crippen LogP contribution >= 0.6 is 0 Å². The topological polar surface area (TPSA) is 41.1 Å². The van der Waals surface area contributed by atoms with Crippen LogP contribution in [0.1, 0.15) is 34.1 Å². The smallest absolute Gasteiger partial charge is 0.221 e. The third-order valence-corrected chi connectivity index (χ3v) is 2.41. The maximum atomic E-state index is 10.9. The lowest BCUT2D eigenvalue weighted by atomic mass is 9.92. The Morgan fingerprint density at radius 3 is 2.12 bits per heavy atom. The van der Waals surface area contributed by atoms with E-state index in [0.29, 0.717) is 5.41 Å². The number of carbonyl (C=O) groups excluding carboxylic acids is 1. The fourth-order valence-corrected chi connectivity index (χ4v) is 1.46. The average molecular weight is 234 g/mol. The summed E-state index contributed by atoms with van der Waals surface area (Å²) in [7, 11) is 0. The zero-order valence-corrected chi connectivity index (χ0v) is 11.1. The standard InChI is InChI=1S/C14H22N2O/c1-11(17)16-13-7-5-12(6-8-13)15-10-9-14(2,3)4/h5-8,15H,9-10H2,1-4H3,(H,16,17). The first kappa shape index (κ1) is 13.6. The molecule has 17 heavy (non-hydrogen) atoms. The Morgan fingerprint density at radius 1 is 1.12 bits per heavy atom. The summed E-state index contributed by atoms with van der Waals surface area (Å²) in [6, 6.07) is 7.77. The van der Waals surface area contributed by atoms with E-state index in [0.717, 1.165) is 24.3 Å². The lowest BCUT2D eigenvalue weighted by Crippen LogP contribution is -2.12. The summed E-state index contributed by atoms with van der Waals surface area (Å²) >= 11 is 0. The van der Waals surface area contributed by atoms with Gasteiger partial charge in [0.05, 0.1) is 0 Å². The molecule has 0 aromatic heterocycles. The van der Waals surface area contributed by atoms with Gasteiger partial charge in [-0.25, -0.2) is 0 Å². The van der Waals surface area contributed by atoms with Gasteiger partial charge >= 0.3 is 0 Å². The molecule has 0 aliphatic carbocycles. The minimum atomic E-state index is -0.0431. The second kappa shape index (κ2) is 5.71. The molecule has 0 unspecified atom stereocenters. The molecular weight excluding hydrogens is 212 g/mol. The highest BCUT2D eigenvalue weighted by Gasteiger charge is 2.08. The van der Waals surface area contributed by atoms with Crippen LogP contribution in [0.2, 0.25) is 0 Å². The van der Waals surface area contributed by atoms with Crippen LogP contribution in [0.4, 0.5) is 11.4 Å². The molecule has 0 spiro atoms. The molecule has 3 heteroatoms. The normalized spacial score (nSPS) is 11.1. The zero-order valence-electron chi connectivity index (χ0n) is 11.1. The van der Waals surface area contributed by atoms with Crippen LogP contribution in [0.25, 0.3) is 0 Å². The minimum absolute atomic E-state index is 0.0431. The summed E-state index contributed by atoms with van der Waals surface area (Å²) in [5.41, 5.74) is 2.27. The van der Waals surface area contributed by atoms with Gasteiger partial charge in [0.1, 0.15) is 0 Å². The molecule has 0 aliphatic heterocycles. The summed E-state index contributed by atoms with van der Waals surface area (Å²) in [6.07, 6.45) is 1.13. The maximum Gasteiger partial charge on any atom is 0.221 e. The highest BCUT2D eigenvalue weighted by atomic mass is 16.1. The second-order valence-electron chi connectivity index (χ2n) is 5.50. The van der Waals surface area contributed by atoms with Crippen LogP contribution in [-0.4, -0.2) is 12.5 Å². The summed E-state index contributed by atoms with van der Waals surface area (Å²) in [5, 5.41) is 6.11. The number of anilines is 2. The third-order valence-electron chi connectivity index (χ3n) is 2.41. The molecule has 3 nitrogen and oxygen atoms in total. The molecule has 1 amide bonds. The molecule has 1 aromatic carbocycles. The van der Waals surface area contributed by atoms with Crippen LogP contribution in [0.5, 0.6) is 0 Å². The zero-order chi connectivity index (χ0) is 12.9. The van der Waals surface area contributed by atoms with Gasteiger partial charge in [-0.2, -0.15) is 0 Å². The molecule has 1 rings (SSSR count). The summed E-state index contributed by atoms with van der Waals surface area (Å²) in [4.78, 5) is 10.9. The van der Waals surface area contributed by atoms with Gasteiger partial charge in [-0.05, 0) is 36.1 Å². The highest BCUT2D eigenvalue weighted by Crippen LogP contribution is 2.19. The number of carbonyl (C=O) groups is 1. The van der Waals surface area contributed by atoms with Crippen LogP contribution in [0.3, 0.4) is 0 Å². The van der Waals surface area contributed by atoms with Gasteiger partial charge in [-0.15, -0.1) is 0 Å².